The summed E-state index contributed by atoms with van der Waals surface area (Å²) in [6, 6.07) is 10.3. The molecule has 1 saturated heterocycles. The summed E-state index contributed by atoms with van der Waals surface area (Å²) in [4.78, 5) is 24.4. The Morgan fingerprint density at radius 3 is 2.57 bits per heavy atom. The molecule has 2 amide bonds. The number of carbonyl (C=O) groups excluding carboxylic acids is 2. The average molecular weight is 416 g/mol. The SMILES string of the molecule is COc1ccc(CC2(CCC(=O)NC(C)c3ccc(F)cc3)CCC(=O)N2)c(F)c1. The zero-order valence-corrected chi connectivity index (χ0v) is 17.1. The van der Waals surface area contributed by atoms with Gasteiger partial charge in [0, 0.05) is 24.4 Å². The molecular weight excluding hydrogens is 390 g/mol. The van der Waals surface area contributed by atoms with Gasteiger partial charge in [-0.3, -0.25) is 9.59 Å². The van der Waals surface area contributed by atoms with Gasteiger partial charge in [-0.2, -0.15) is 0 Å². The predicted octanol–water partition coefficient (Wildman–Crippen LogP) is 3.82. The molecule has 2 aromatic rings. The van der Waals surface area contributed by atoms with Crippen molar-refractivity contribution >= 4 is 11.8 Å². The van der Waals surface area contributed by atoms with Crippen LogP contribution in [0.4, 0.5) is 8.78 Å². The summed E-state index contributed by atoms with van der Waals surface area (Å²) in [5.74, 6) is -0.576. The molecule has 2 unspecified atom stereocenters. The molecule has 2 N–H and O–H groups in total. The van der Waals surface area contributed by atoms with Gasteiger partial charge in [-0.25, -0.2) is 8.78 Å². The van der Waals surface area contributed by atoms with Crippen LogP contribution in [0.1, 0.15) is 49.8 Å². The monoisotopic (exact) mass is 416 g/mol. The molecule has 1 heterocycles. The summed E-state index contributed by atoms with van der Waals surface area (Å²) in [6.45, 7) is 1.82. The maximum atomic E-state index is 14.4. The van der Waals surface area contributed by atoms with E-state index in [1.165, 1.54) is 25.3 Å². The third-order valence-corrected chi connectivity index (χ3v) is 5.60. The lowest BCUT2D eigenvalue weighted by Crippen LogP contribution is -2.44. The van der Waals surface area contributed by atoms with Crippen molar-refractivity contribution in [2.75, 3.05) is 7.11 Å². The van der Waals surface area contributed by atoms with Crippen molar-refractivity contribution in [3.05, 3.63) is 65.2 Å². The fraction of sp³-hybridized carbons (Fsp3) is 0.391. The normalized spacial score (nSPS) is 19.3. The van der Waals surface area contributed by atoms with E-state index in [0.29, 0.717) is 37.0 Å². The summed E-state index contributed by atoms with van der Waals surface area (Å²) < 4.78 is 32.6. The van der Waals surface area contributed by atoms with Crippen LogP contribution in [0.2, 0.25) is 0 Å². The van der Waals surface area contributed by atoms with E-state index in [-0.39, 0.29) is 30.1 Å². The van der Waals surface area contributed by atoms with Crippen LogP contribution in [0, 0.1) is 11.6 Å². The number of methoxy groups -OCH3 is 1. The van der Waals surface area contributed by atoms with Crippen LogP contribution in [0.5, 0.6) is 5.75 Å². The molecule has 2 aromatic carbocycles. The van der Waals surface area contributed by atoms with E-state index in [4.69, 9.17) is 4.74 Å². The molecule has 0 aromatic heterocycles. The topological polar surface area (TPSA) is 67.4 Å². The Morgan fingerprint density at radius 1 is 1.23 bits per heavy atom. The van der Waals surface area contributed by atoms with Gasteiger partial charge in [0.25, 0.3) is 0 Å². The molecule has 2 atom stereocenters. The van der Waals surface area contributed by atoms with Crippen LogP contribution < -0.4 is 15.4 Å². The van der Waals surface area contributed by atoms with Crippen molar-refractivity contribution in [1.29, 1.82) is 0 Å². The van der Waals surface area contributed by atoms with Crippen molar-refractivity contribution in [3.63, 3.8) is 0 Å². The maximum absolute atomic E-state index is 14.4. The second-order valence-corrected chi connectivity index (χ2v) is 7.80. The Kier molecular flexibility index (Phi) is 6.70. The molecule has 1 fully saturated rings. The van der Waals surface area contributed by atoms with E-state index < -0.39 is 11.4 Å². The Balaban J connectivity index is 1.64. The predicted molar refractivity (Wildman–Crippen MR) is 109 cm³/mol. The van der Waals surface area contributed by atoms with Gasteiger partial charge < -0.3 is 15.4 Å². The highest BCUT2D eigenvalue weighted by Crippen LogP contribution is 2.31. The molecule has 0 aliphatic carbocycles. The first-order valence-corrected chi connectivity index (χ1v) is 9.98. The molecule has 0 spiro atoms. The molecule has 1 aliphatic rings. The zero-order valence-electron chi connectivity index (χ0n) is 17.1. The van der Waals surface area contributed by atoms with Crippen molar-refractivity contribution in [1.82, 2.24) is 10.6 Å². The number of benzene rings is 2. The molecule has 160 valence electrons. The molecule has 3 rings (SSSR count). The van der Waals surface area contributed by atoms with Crippen molar-refractivity contribution < 1.29 is 23.1 Å². The van der Waals surface area contributed by atoms with Gasteiger partial charge in [0.2, 0.25) is 11.8 Å². The van der Waals surface area contributed by atoms with Gasteiger partial charge in [-0.15, -0.1) is 0 Å². The number of carbonyl (C=O) groups is 2. The quantitative estimate of drug-likeness (QED) is 0.688. The smallest absolute Gasteiger partial charge is 0.220 e. The number of ether oxygens (including phenoxy) is 1. The third kappa shape index (κ3) is 5.34. The minimum atomic E-state index is -0.664. The van der Waals surface area contributed by atoms with E-state index in [0.717, 1.165) is 5.56 Å². The standard InChI is InChI=1S/C23H26F2N2O3/c1-15(16-3-6-18(24)7-4-16)26-21(28)9-11-23(12-10-22(29)27-23)14-17-5-8-19(30-2)13-20(17)25/h3-8,13,15H,9-12,14H2,1-2H3,(H,26,28)(H,27,29). The number of hydrogen-bond donors (Lipinski definition) is 2. The average Bonchev–Trinajstić information content (AvgIpc) is 3.09. The second kappa shape index (κ2) is 9.24. The molecule has 0 radical (unpaired) electrons. The fourth-order valence-corrected chi connectivity index (χ4v) is 3.85. The zero-order chi connectivity index (χ0) is 21.7. The molecular formula is C23H26F2N2O3. The first kappa shape index (κ1) is 21.7. The largest absolute Gasteiger partial charge is 0.497 e. The lowest BCUT2D eigenvalue weighted by atomic mass is 9.84. The number of hydrogen-bond acceptors (Lipinski definition) is 3. The maximum Gasteiger partial charge on any atom is 0.220 e. The van der Waals surface area contributed by atoms with E-state index in [2.05, 4.69) is 10.6 Å². The van der Waals surface area contributed by atoms with Gasteiger partial charge >= 0.3 is 0 Å². The van der Waals surface area contributed by atoms with Crippen LogP contribution in [-0.4, -0.2) is 24.5 Å². The van der Waals surface area contributed by atoms with Crippen molar-refractivity contribution in [2.24, 2.45) is 0 Å². The first-order valence-electron chi connectivity index (χ1n) is 9.98. The van der Waals surface area contributed by atoms with Gasteiger partial charge in [0.15, 0.2) is 0 Å². The number of nitrogens with one attached hydrogen (secondary N) is 2. The Hall–Kier alpha value is -2.96. The molecule has 7 heteroatoms. The lowest BCUT2D eigenvalue weighted by molar-refractivity contribution is -0.123. The lowest BCUT2D eigenvalue weighted by Gasteiger charge is -2.30. The van der Waals surface area contributed by atoms with Crippen molar-refractivity contribution in [3.8, 4) is 5.75 Å². The number of halogens is 2. The van der Waals surface area contributed by atoms with Gasteiger partial charge in [0.05, 0.1) is 13.2 Å². The minimum Gasteiger partial charge on any atom is -0.497 e. The highest BCUT2D eigenvalue weighted by atomic mass is 19.1. The summed E-state index contributed by atoms with van der Waals surface area (Å²) in [6.07, 6.45) is 1.77. The highest BCUT2D eigenvalue weighted by Gasteiger charge is 2.38. The van der Waals surface area contributed by atoms with Gasteiger partial charge in [-0.1, -0.05) is 18.2 Å². The third-order valence-electron chi connectivity index (χ3n) is 5.60. The van der Waals surface area contributed by atoms with Crippen LogP contribution in [0.3, 0.4) is 0 Å². The Bertz CT molecular complexity index is 917. The molecule has 30 heavy (non-hydrogen) atoms. The van der Waals surface area contributed by atoms with E-state index in [1.54, 1.807) is 24.3 Å². The van der Waals surface area contributed by atoms with Gasteiger partial charge in [-0.05, 0) is 55.5 Å². The second-order valence-electron chi connectivity index (χ2n) is 7.80. The van der Waals surface area contributed by atoms with Crippen LogP contribution in [0.15, 0.2) is 42.5 Å². The molecule has 0 saturated carbocycles. The molecule has 5 nitrogen and oxygen atoms in total. The van der Waals surface area contributed by atoms with Crippen molar-refractivity contribution in [2.45, 2.75) is 50.6 Å². The molecule has 0 bridgehead atoms. The summed E-state index contributed by atoms with van der Waals surface area (Å²) >= 11 is 0. The first-order chi connectivity index (χ1) is 14.3. The summed E-state index contributed by atoms with van der Waals surface area (Å²) in [5.41, 5.74) is 0.607. The van der Waals surface area contributed by atoms with Gasteiger partial charge in [0.1, 0.15) is 17.4 Å². The molecule has 1 aliphatic heterocycles. The minimum absolute atomic E-state index is 0.0935. The van der Waals surface area contributed by atoms with E-state index in [1.807, 2.05) is 6.92 Å². The number of amides is 2. The van der Waals surface area contributed by atoms with Crippen LogP contribution in [0.25, 0.3) is 0 Å². The summed E-state index contributed by atoms with van der Waals surface area (Å²) in [7, 11) is 1.47. The van der Waals surface area contributed by atoms with E-state index >= 15 is 0 Å². The van der Waals surface area contributed by atoms with Crippen LogP contribution in [-0.2, 0) is 16.0 Å². The summed E-state index contributed by atoms with van der Waals surface area (Å²) in [5, 5.41) is 5.85. The van der Waals surface area contributed by atoms with Crippen LogP contribution >= 0.6 is 0 Å². The Labute approximate surface area is 174 Å². The van der Waals surface area contributed by atoms with E-state index in [9.17, 15) is 18.4 Å². The Morgan fingerprint density at radius 2 is 1.97 bits per heavy atom. The fourth-order valence-electron chi connectivity index (χ4n) is 3.85. The number of rotatable bonds is 8. The highest BCUT2D eigenvalue weighted by molar-refractivity contribution is 5.80.